The summed E-state index contributed by atoms with van der Waals surface area (Å²) in [6.45, 7) is 1.27. The van der Waals surface area contributed by atoms with Gasteiger partial charge >= 0.3 is 12.0 Å². The van der Waals surface area contributed by atoms with Gasteiger partial charge in [0.1, 0.15) is 11.6 Å². The number of aromatic nitrogens is 1. The first kappa shape index (κ1) is 15.9. The van der Waals surface area contributed by atoms with E-state index >= 15 is 0 Å². The molecule has 0 aliphatic carbocycles. The van der Waals surface area contributed by atoms with Crippen LogP contribution in [0, 0.1) is 5.82 Å². The van der Waals surface area contributed by atoms with Crippen LogP contribution >= 0.6 is 0 Å². The number of ether oxygens (including phenoxy) is 1. The van der Waals surface area contributed by atoms with Crippen LogP contribution in [0.15, 0.2) is 42.6 Å². The van der Waals surface area contributed by atoms with Crippen molar-refractivity contribution in [3.8, 4) is 0 Å². The molecule has 0 saturated carbocycles. The third kappa shape index (κ3) is 3.19. The first-order chi connectivity index (χ1) is 11.6. The molecule has 2 heterocycles. The van der Waals surface area contributed by atoms with E-state index < -0.39 is 5.97 Å². The molecule has 0 N–H and O–H groups in total. The number of hydrogen-bond donors (Lipinski definition) is 0. The maximum Gasteiger partial charge on any atom is 0.338 e. The summed E-state index contributed by atoms with van der Waals surface area (Å²) in [4.78, 5) is 31.4. The fraction of sp³-hybridized carbons (Fsp3) is 0.235. The topological polar surface area (TPSA) is 62.7 Å². The van der Waals surface area contributed by atoms with Crippen LogP contribution in [0.1, 0.15) is 15.9 Å². The number of hydrogen-bond acceptors (Lipinski definition) is 4. The molecular weight excluding hydrogens is 313 g/mol. The summed E-state index contributed by atoms with van der Waals surface area (Å²) >= 11 is 0. The lowest BCUT2D eigenvalue weighted by Gasteiger charge is -2.18. The fourth-order valence-corrected chi connectivity index (χ4v) is 2.61. The number of carbonyl (C=O) groups is 2. The van der Waals surface area contributed by atoms with Gasteiger partial charge in [-0.1, -0.05) is 12.1 Å². The van der Waals surface area contributed by atoms with Crippen molar-refractivity contribution in [3.63, 3.8) is 0 Å². The minimum absolute atomic E-state index is 0.228. The van der Waals surface area contributed by atoms with Gasteiger partial charge in [0.25, 0.3) is 0 Å². The van der Waals surface area contributed by atoms with Crippen LogP contribution < -0.4 is 4.90 Å². The Kier molecular flexibility index (Phi) is 4.41. The van der Waals surface area contributed by atoms with E-state index in [1.54, 1.807) is 17.0 Å². The molecule has 2 aromatic rings. The van der Waals surface area contributed by atoms with Crippen molar-refractivity contribution in [1.29, 1.82) is 0 Å². The second-order valence-electron chi connectivity index (χ2n) is 5.38. The standard InChI is InChI=1S/C17H16FN3O3/c1-24-16(22)13-5-6-19-15(10-13)21-8-7-20(17(21)23)11-12-3-2-4-14(18)9-12/h2-6,9-10H,7-8,11H2,1H3. The van der Waals surface area contributed by atoms with Gasteiger partial charge < -0.3 is 9.64 Å². The van der Waals surface area contributed by atoms with E-state index in [-0.39, 0.29) is 11.8 Å². The average Bonchev–Trinajstić information content (AvgIpc) is 2.95. The predicted octanol–water partition coefficient (Wildman–Crippen LogP) is 2.45. The molecule has 6 nitrogen and oxygen atoms in total. The van der Waals surface area contributed by atoms with E-state index in [0.717, 1.165) is 5.56 Å². The Labute approximate surface area is 138 Å². The number of methoxy groups -OCH3 is 1. The Balaban J connectivity index is 1.75. The lowest BCUT2D eigenvalue weighted by Crippen LogP contribution is -2.32. The molecule has 1 saturated heterocycles. The van der Waals surface area contributed by atoms with Gasteiger partial charge in [0.2, 0.25) is 0 Å². The van der Waals surface area contributed by atoms with Crippen LogP contribution in [0.4, 0.5) is 15.0 Å². The molecule has 1 fully saturated rings. The molecule has 1 aliphatic heterocycles. The van der Waals surface area contributed by atoms with Crippen LogP contribution in [0.2, 0.25) is 0 Å². The van der Waals surface area contributed by atoms with E-state index in [9.17, 15) is 14.0 Å². The average molecular weight is 329 g/mol. The van der Waals surface area contributed by atoms with Crippen molar-refractivity contribution in [2.24, 2.45) is 0 Å². The summed E-state index contributed by atoms with van der Waals surface area (Å²) in [6, 6.07) is 8.99. The number of halogens is 1. The molecule has 3 rings (SSSR count). The van der Waals surface area contributed by atoms with E-state index in [2.05, 4.69) is 9.72 Å². The van der Waals surface area contributed by atoms with E-state index in [1.165, 1.54) is 42.5 Å². The number of rotatable bonds is 4. The maximum atomic E-state index is 13.3. The number of urea groups is 1. The monoisotopic (exact) mass is 329 g/mol. The Morgan fingerprint density at radius 3 is 2.88 bits per heavy atom. The molecule has 2 amide bonds. The Bertz CT molecular complexity index is 781. The van der Waals surface area contributed by atoms with Crippen LogP contribution in [-0.2, 0) is 11.3 Å². The predicted molar refractivity (Wildman–Crippen MR) is 85.1 cm³/mol. The number of benzene rings is 1. The normalized spacial score (nSPS) is 14.2. The van der Waals surface area contributed by atoms with Crippen LogP contribution in [-0.4, -0.2) is 42.1 Å². The highest BCUT2D eigenvalue weighted by Crippen LogP contribution is 2.21. The summed E-state index contributed by atoms with van der Waals surface area (Å²) in [5.41, 5.74) is 1.06. The van der Waals surface area contributed by atoms with Gasteiger partial charge in [-0.25, -0.2) is 19.0 Å². The van der Waals surface area contributed by atoms with Crippen LogP contribution in [0.3, 0.4) is 0 Å². The quantitative estimate of drug-likeness (QED) is 0.808. The number of pyridine rings is 1. The van der Waals surface area contributed by atoms with Gasteiger partial charge in [-0.2, -0.15) is 0 Å². The zero-order valence-electron chi connectivity index (χ0n) is 13.1. The van der Waals surface area contributed by atoms with Crippen molar-refractivity contribution in [2.75, 3.05) is 25.1 Å². The van der Waals surface area contributed by atoms with Crippen molar-refractivity contribution in [3.05, 3.63) is 59.5 Å². The SMILES string of the molecule is COC(=O)c1ccnc(N2CCN(Cc3cccc(F)c3)C2=O)c1. The number of nitrogens with zero attached hydrogens (tertiary/aromatic N) is 3. The van der Waals surface area contributed by atoms with Gasteiger partial charge in [0.15, 0.2) is 0 Å². The van der Waals surface area contributed by atoms with E-state index in [0.29, 0.717) is 31.0 Å². The highest BCUT2D eigenvalue weighted by atomic mass is 19.1. The molecule has 1 aromatic carbocycles. The van der Waals surface area contributed by atoms with Crippen molar-refractivity contribution in [1.82, 2.24) is 9.88 Å². The lowest BCUT2D eigenvalue weighted by molar-refractivity contribution is 0.0600. The van der Waals surface area contributed by atoms with Gasteiger partial charge in [0.05, 0.1) is 12.7 Å². The summed E-state index contributed by atoms with van der Waals surface area (Å²) in [7, 11) is 1.30. The largest absolute Gasteiger partial charge is 0.465 e. The molecule has 0 spiro atoms. The van der Waals surface area contributed by atoms with Gasteiger partial charge in [-0.05, 0) is 29.8 Å². The Morgan fingerprint density at radius 2 is 2.12 bits per heavy atom. The van der Waals surface area contributed by atoms with Crippen molar-refractivity contribution < 1.29 is 18.7 Å². The van der Waals surface area contributed by atoms with Gasteiger partial charge in [-0.3, -0.25) is 4.90 Å². The zero-order chi connectivity index (χ0) is 17.1. The fourth-order valence-electron chi connectivity index (χ4n) is 2.61. The summed E-state index contributed by atoms with van der Waals surface area (Å²) < 4.78 is 17.9. The summed E-state index contributed by atoms with van der Waals surface area (Å²) in [5.74, 6) is -0.421. The molecule has 1 aromatic heterocycles. The highest BCUT2D eigenvalue weighted by molar-refractivity contribution is 5.95. The van der Waals surface area contributed by atoms with Crippen LogP contribution in [0.25, 0.3) is 0 Å². The minimum Gasteiger partial charge on any atom is -0.465 e. The second kappa shape index (κ2) is 6.66. The smallest absolute Gasteiger partial charge is 0.338 e. The number of anilines is 1. The zero-order valence-corrected chi connectivity index (χ0v) is 13.1. The Morgan fingerprint density at radius 1 is 1.29 bits per heavy atom. The molecule has 1 aliphatic rings. The molecular formula is C17H16FN3O3. The third-order valence-corrected chi connectivity index (χ3v) is 3.80. The first-order valence-corrected chi connectivity index (χ1v) is 7.44. The molecule has 0 atom stereocenters. The number of esters is 1. The summed E-state index contributed by atoms with van der Waals surface area (Å²) in [6.07, 6.45) is 1.46. The molecule has 0 radical (unpaired) electrons. The van der Waals surface area contributed by atoms with Crippen molar-refractivity contribution in [2.45, 2.75) is 6.54 Å². The molecule has 24 heavy (non-hydrogen) atoms. The maximum absolute atomic E-state index is 13.3. The minimum atomic E-state index is -0.484. The molecule has 0 bridgehead atoms. The van der Waals surface area contributed by atoms with E-state index in [1.807, 2.05) is 0 Å². The Hall–Kier alpha value is -2.96. The van der Waals surface area contributed by atoms with Crippen molar-refractivity contribution >= 4 is 17.8 Å². The highest BCUT2D eigenvalue weighted by Gasteiger charge is 2.30. The molecule has 7 heteroatoms. The van der Waals surface area contributed by atoms with E-state index in [4.69, 9.17) is 0 Å². The van der Waals surface area contributed by atoms with Crippen LogP contribution in [0.5, 0.6) is 0 Å². The second-order valence-corrected chi connectivity index (χ2v) is 5.38. The third-order valence-electron chi connectivity index (χ3n) is 3.80. The lowest BCUT2D eigenvalue weighted by atomic mass is 10.2. The number of carbonyl (C=O) groups excluding carboxylic acids is 2. The molecule has 0 unspecified atom stereocenters. The number of amides is 2. The molecule has 124 valence electrons. The first-order valence-electron chi connectivity index (χ1n) is 7.44. The van der Waals surface area contributed by atoms with Gasteiger partial charge in [-0.15, -0.1) is 0 Å². The summed E-state index contributed by atoms with van der Waals surface area (Å²) in [5, 5.41) is 0. The van der Waals surface area contributed by atoms with Gasteiger partial charge in [0, 0.05) is 25.8 Å².